The number of benzene rings is 1. The van der Waals surface area contributed by atoms with Crippen LogP contribution in [0.4, 0.5) is 9.18 Å². The molecule has 0 saturated carbocycles. The summed E-state index contributed by atoms with van der Waals surface area (Å²) in [6, 6.07) is 4.55. The van der Waals surface area contributed by atoms with Crippen molar-refractivity contribution in [1.29, 1.82) is 0 Å². The van der Waals surface area contributed by atoms with E-state index in [4.69, 9.17) is 11.6 Å². The second kappa shape index (κ2) is 7.06. The third-order valence-corrected chi connectivity index (χ3v) is 4.09. The van der Waals surface area contributed by atoms with Gasteiger partial charge in [-0.15, -0.1) is 0 Å². The Labute approximate surface area is 128 Å². The van der Waals surface area contributed by atoms with Crippen LogP contribution in [0.2, 0.25) is 5.02 Å². The van der Waals surface area contributed by atoms with Gasteiger partial charge in [-0.1, -0.05) is 17.7 Å². The number of carbonyl (C=O) groups excluding carboxylic acids is 1. The summed E-state index contributed by atoms with van der Waals surface area (Å²) < 4.78 is 13.7. The molecule has 2 N–H and O–H groups in total. The maximum atomic E-state index is 13.7. The van der Waals surface area contributed by atoms with Crippen LogP contribution in [0.3, 0.4) is 0 Å². The van der Waals surface area contributed by atoms with Gasteiger partial charge in [0.25, 0.3) is 0 Å². The van der Waals surface area contributed by atoms with Crippen molar-refractivity contribution >= 4 is 17.6 Å². The lowest BCUT2D eigenvalue weighted by Crippen LogP contribution is -2.38. The van der Waals surface area contributed by atoms with Crippen molar-refractivity contribution in [3.8, 4) is 0 Å². The van der Waals surface area contributed by atoms with Crippen molar-refractivity contribution in [2.75, 3.05) is 27.2 Å². The molecule has 0 radical (unpaired) electrons. The number of rotatable bonds is 4. The largest absolute Gasteiger partial charge is 0.338 e. The van der Waals surface area contributed by atoms with Crippen molar-refractivity contribution in [2.45, 2.75) is 12.5 Å². The first kappa shape index (κ1) is 16.0. The van der Waals surface area contributed by atoms with Crippen molar-refractivity contribution < 1.29 is 14.0 Å². The Bertz CT molecular complexity index is 515. The number of carbonyl (C=O) groups is 1. The minimum Gasteiger partial charge on any atom is -0.336 e. The number of nitrogens with one attached hydrogen (secondary N) is 2. The van der Waals surface area contributed by atoms with Crippen LogP contribution in [0.15, 0.2) is 18.2 Å². The number of hydrogen-bond acceptors (Lipinski definition) is 3. The van der Waals surface area contributed by atoms with E-state index in [1.54, 1.807) is 6.07 Å². The van der Waals surface area contributed by atoms with E-state index in [9.17, 15) is 9.18 Å². The third kappa shape index (κ3) is 3.84. The molecule has 2 rings (SSSR count). The summed E-state index contributed by atoms with van der Waals surface area (Å²) in [5.41, 5.74) is 3.08. The summed E-state index contributed by atoms with van der Waals surface area (Å²) in [5.74, 6) is -0.212. The van der Waals surface area contributed by atoms with Crippen molar-refractivity contribution in [2.24, 2.45) is 5.92 Å². The van der Waals surface area contributed by atoms with E-state index in [1.165, 1.54) is 13.2 Å². The standard InChI is InChI=1S/C14H19ClFN3O2/c1-19-6-5-10(8-17-14(20)18-21-2)13(19)9-3-4-11(15)12(16)7-9/h3-4,7,10,13H,5-6,8H2,1-2H3,(H2,17,18,20). The molecule has 116 valence electrons. The van der Waals surface area contributed by atoms with Crippen LogP contribution >= 0.6 is 11.6 Å². The fraction of sp³-hybridized carbons (Fsp3) is 0.500. The zero-order valence-corrected chi connectivity index (χ0v) is 12.8. The van der Waals surface area contributed by atoms with Gasteiger partial charge >= 0.3 is 6.03 Å². The van der Waals surface area contributed by atoms with Crippen molar-refractivity contribution in [3.63, 3.8) is 0 Å². The molecule has 0 bridgehead atoms. The fourth-order valence-corrected chi connectivity index (χ4v) is 2.93. The van der Waals surface area contributed by atoms with E-state index < -0.39 is 5.82 Å². The third-order valence-electron chi connectivity index (χ3n) is 3.78. The minimum absolute atomic E-state index is 0.0552. The molecule has 0 spiro atoms. The van der Waals surface area contributed by atoms with Gasteiger partial charge in [0.1, 0.15) is 5.82 Å². The first-order chi connectivity index (χ1) is 10.0. The molecule has 0 aromatic heterocycles. The quantitative estimate of drug-likeness (QED) is 0.839. The zero-order chi connectivity index (χ0) is 15.4. The SMILES string of the molecule is CONC(=O)NCC1CCN(C)C1c1ccc(Cl)c(F)c1. The topological polar surface area (TPSA) is 53.6 Å². The maximum absolute atomic E-state index is 13.7. The molecule has 1 fully saturated rings. The lowest BCUT2D eigenvalue weighted by molar-refractivity contribution is 0.106. The summed E-state index contributed by atoms with van der Waals surface area (Å²) in [4.78, 5) is 18.1. The Balaban J connectivity index is 2.07. The van der Waals surface area contributed by atoms with Crippen LogP contribution in [0, 0.1) is 11.7 Å². The summed E-state index contributed by atoms with van der Waals surface area (Å²) in [6.45, 7) is 1.39. The van der Waals surface area contributed by atoms with Gasteiger partial charge in [0, 0.05) is 12.6 Å². The molecule has 2 unspecified atom stereocenters. The molecule has 1 saturated heterocycles. The summed E-state index contributed by atoms with van der Waals surface area (Å²) in [5, 5.41) is 2.87. The van der Waals surface area contributed by atoms with Gasteiger partial charge in [-0.3, -0.25) is 9.74 Å². The molecule has 7 heteroatoms. The zero-order valence-electron chi connectivity index (χ0n) is 12.0. The molecule has 1 aliphatic heterocycles. The smallest absolute Gasteiger partial charge is 0.336 e. The average molecular weight is 316 g/mol. The van der Waals surface area contributed by atoms with Gasteiger partial charge in [0.2, 0.25) is 0 Å². The van der Waals surface area contributed by atoms with Crippen LogP contribution in [-0.2, 0) is 4.84 Å². The van der Waals surface area contributed by atoms with E-state index in [0.29, 0.717) is 6.54 Å². The number of halogens is 2. The van der Waals surface area contributed by atoms with Gasteiger partial charge < -0.3 is 5.32 Å². The monoisotopic (exact) mass is 315 g/mol. The number of hydroxylamine groups is 1. The summed E-state index contributed by atoms with van der Waals surface area (Å²) in [6.07, 6.45) is 0.929. The lowest BCUT2D eigenvalue weighted by atomic mass is 9.93. The van der Waals surface area contributed by atoms with Gasteiger partial charge in [-0.05, 0) is 43.6 Å². The predicted octanol–water partition coefficient (Wildman–Crippen LogP) is 2.33. The molecule has 2 atom stereocenters. The lowest BCUT2D eigenvalue weighted by Gasteiger charge is -2.26. The van der Waals surface area contributed by atoms with Crippen LogP contribution in [0.1, 0.15) is 18.0 Å². The van der Waals surface area contributed by atoms with Crippen molar-refractivity contribution in [1.82, 2.24) is 15.7 Å². The molecule has 2 amide bonds. The van der Waals surface area contributed by atoms with Gasteiger partial charge in [-0.25, -0.2) is 14.7 Å². The Morgan fingerprint density at radius 1 is 1.57 bits per heavy atom. The highest BCUT2D eigenvalue weighted by Gasteiger charge is 2.33. The Hall–Kier alpha value is -1.37. The second-order valence-corrected chi connectivity index (χ2v) is 5.57. The molecule has 1 heterocycles. The van der Waals surface area contributed by atoms with Crippen LogP contribution in [-0.4, -0.2) is 38.2 Å². The van der Waals surface area contributed by atoms with Gasteiger partial charge in [0.05, 0.1) is 12.1 Å². The first-order valence-electron chi connectivity index (χ1n) is 6.75. The first-order valence-corrected chi connectivity index (χ1v) is 7.12. The highest BCUT2D eigenvalue weighted by atomic mass is 35.5. The second-order valence-electron chi connectivity index (χ2n) is 5.16. The predicted molar refractivity (Wildman–Crippen MR) is 78.4 cm³/mol. The van der Waals surface area contributed by atoms with Gasteiger partial charge in [-0.2, -0.15) is 0 Å². The molecule has 1 aromatic rings. The fourth-order valence-electron chi connectivity index (χ4n) is 2.82. The molecule has 0 aliphatic carbocycles. The molecule has 1 aromatic carbocycles. The number of likely N-dealkylation sites (tertiary alicyclic amines) is 1. The maximum Gasteiger partial charge on any atom is 0.338 e. The van der Waals surface area contributed by atoms with Crippen molar-refractivity contribution in [3.05, 3.63) is 34.6 Å². The highest BCUT2D eigenvalue weighted by molar-refractivity contribution is 6.30. The summed E-state index contributed by atoms with van der Waals surface area (Å²) >= 11 is 5.73. The van der Waals surface area contributed by atoms with E-state index in [0.717, 1.165) is 18.5 Å². The average Bonchev–Trinajstić information content (AvgIpc) is 2.81. The Morgan fingerprint density at radius 3 is 3.00 bits per heavy atom. The van der Waals surface area contributed by atoms with Gasteiger partial charge in [0.15, 0.2) is 0 Å². The van der Waals surface area contributed by atoms with E-state index in [1.807, 2.05) is 13.1 Å². The number of hydrogen-bond donors (Lipinski definition) is 2. The normalized spacial score (nSPS) is 22.3. The Kier molecular flexibility index (Phi) is 5.39. The molecule has 5 nitrogen and oxygen atoms in total. The van der Waals surface area contributed by atoms with Crippen LogP contribution in [0.25, 0.3) is 0 Å². The number of amides is 2. The summed E-state index contributed by atoms with van der Waals surface area (Å²) in [7, 11) is 3.37. The van der Waals surface area contributed by atoms with E-state index in [2.05, 4.69) is 20.5 Å². The van der Waals surface area contributed by atoms with Crippen LogP contribution < -0.4 is 10.8 Å². The molecule has 1 aliphatic rings. The van der Waals surface area contributed by atoms with Crippen LogP contribution in [0.5, 0.6) is 0 Å². The number of nitrogens with zero attached hydrogens (tertiary/aromatic N) is 1. The van der Waals surface area contributed by atoms with E-state index in [-0.39, 0.29) is 23.0 Å². The minimum atomic E-state index is -0.418. The molecular weight excluding hydrogens is 297 g/mol. The van der Waals surface area contributed by atoms with E-state index >= 15 is 0 Å². The number of urea groups is 1. The molecular formula is C14H19ClFN3O2. The highest BCUT2D eigenvalue weighted by Crippen LogP contribution is 2.36. The molecule has 21 heavy (non-hydrogen) atoms. The Morgan fingerprint density at radius 2 is 2.33 bits per heavy atom.